The van der Waals surface area contributed by atoms with Crippen molar-refractivity contribution < 1.29 is 9.90 Å². The second-order valence-electron chi connectivity index (χ2n) is 2.19. The summed E-state index contributed by atoms with van der Waals surface area (Å²) in [6.45, 7) is 0.214. The predicted molar refractivity (Wildman–Crippen MR) is 38.0 cm³/mol. The minimum atomic E-state index is -0.582. The van der Waals surface area contributed by atoms with Crippen LogP contribution < -0.4 is 11.5 Å². The summed E-state index contributed by atoms with van der Waals surface area (Å²) in [5.74, 6) is 0. The van der Waals surface area contributed by atoms with Crippen molar-refractivity contribution in [3.05, 3.63) is 0 Å². The predicted octanol–water partition coefficient (Wildman–Crippen LogP) is -1.48. The van der Waals surface area contributed by atoms with Gasteiger partial charge in [0.2, 0.25) is 6.29 Å². The molecule has 2 atom stereocenters. The third-order valence-electron chi connectivity index (χ3n) is 1.23. The van der Waals surface area contributed by atoms with E-state index >= 15 is 0 Å². The fraction of sp³-hybridized carbons (Fsp3) is 0.833. The molecular formula is C6H13N2O2. The smallest absolute Gasteiger partial charge is 0.216 e. The second kappa shape index (κ2) is 5.34. The third kappa shape index (κ3) is 4.43. The monoisotopic (exact) mass is 145 g/mol. The molecule has 0 aliphatic heterocycles. The van der Waals surface area contributed by atoms with Crippen molar-refractivity contribution in [2.24, 2.45) is 11.5 Å². The van der Waals surface area contributed by atoms with Crippen LogP contribution in [-0.4, -0.2) is 30.1 Å². The zero-order valence-corrected chi connectivity index (χ0v) is 5.79. The summed E-state index contributed by atoms with van der Waals surface area (Å²) in [7, 11) is 0. The molecule has 10 heavy (non-hydrogen) atoms. The summed E-state index contributed by atoms with van der Waals surface area (Å²) in [5.41, 5.74) is 10.3. The number of rotatable bonds is 5. The minimum Gasteiger partial charge on any atom is -0.392 e. The highest BCUT2D eigenvalue weighted by atomic mass is 16.3. The first-order valence-electron chi connectivity index (χ1n) is 3.22. The average Bonchev–Trinajstić information content (AvgIpc) is 1.99. The first-order chi connectivity index (χ1) is 4.70. The zero-order valence-electron chi connectivity index (χ0n) is 5.79. The van der Waals surface area contributed by atoms with Crippen LogP contribution in [0.4, 0.5) is 0 Å². The molecule has 0 spiro atoms. The first kappa shape index (κ1) is 9.55. The van der Waals surface area contributed by atoms with Crippen molar-refractivity contribution >= 4 is 6.29 Å². The summed E-state index contributed by atoms with van der Waals surface area (Å²) in [6.07, 6.45) is 1.99. The van der Waals surface area contributed by atoms with Gasteiger partial charge in [0.25, 0.3) is 0 Å². The van der Waals surface area contributed by atoms with Crippen LogP contribution >= 0.6 is 0 Å². The van der Waals surface area contributed by atoms with E-state index in [1.54, 1.807) is 6.29 Å². The van der Waals surface area contributed by atoms with Crippen LogP contribution in [0.5, 0.6) is 0 Å². The Morgan fingerprint density at radius 1 is 1.50 bits per heavy atom. The van der Waals surface area contributed by atoms with Crippen LogP contribution in [0.2, 0.25) is 0 Å². The second-order valence-corrected chi connectivity index (χ2v) is 2.19. The number of carbonyl (C=O) groups excluding carboxylic acids is 1. The lowest BCUT2D eigenvalue weighted by Gasteiger charge is -2.07. The molecule has 4 nitrogen and oxygen atoms in total. The molecule has 1 radical (unpaired) electrons. The van der Waals surface area contributed by atoms with Crippen LogP contribution in [0.1, 0.15) is 12.8 Å². The Kier molecular flexibility index (Phi) is 5.10. The Hall–Kier alpha value is -0.450. The molecule has 0 aliphatic rings. The standard InChI is InChI=1S/C6H13N2O2/c7-3-6(10)2-1-5(8)4-9/h5-6,10H,1-3,7-8H2/t5-,6?/m0/s1. The average molecular weight is 145 g/mol. The van der Waals surface area contributed by atoms with E-state index in [0.29, 0.717) is 12.8 Å². The summed E-state index contributed by atoms with van der Waals surface area (Å²) >= 11 is 0. The Balaban J connectivity index is 3.25. The first-order valence-corrected chi connectivity index (χ1v) is 3.22. The molecule has 0 saturated heterocycles. The van der Waals surface area contributed by atoms with Gasteiger partial charge in [-0.05, 0) is 12.8 Å². The van der Waals surface area contributed by atoms with Crippen LogP contribution in [0.3, 0.4) is 0 Å². The topological polar surface area (TPSA) is 89.3 Å². The van der Waals surface area contributed by atoms with Crippen LogP contribution in [0.25, 0.3) is 0 Å². The molecule has 0 amide bonds. The van der Waals surface area contributed by atoms with Gasteiger partial charge in [0.15, 0.2) is 0 Å². The van der Waals surface area contributed by atoms with Gasteiger partial charge < -0.3 is 16.6 Å². The Labute approximate surface area is 60.2 Å². The van der Waals surface area contributed by atoms with Crippen molar-refractivity contribution in [1.29, 1.82) is 0 Å². The van der Waals surface area contributed by atoms with Gasteiger partial charge in [-0.25, -0.2) is 0 Å². The van der Waals surface area contributed by atoms with Gasteiger partial charge in [-0.2, -0.15) is 0 Å². The number of nitrogens with two attached hydrogens (primary N) is 2. The lowest BCUT2D eigenvalue weighted by molar-refractivity contribution is 0.169. The molecule has 0 aliphatic carbocycles. The van der Waals surface area contributed by atoms with Crippen molar-refractivity contribution in [3.63, 3.8) is 0 Å². The SMILES string of the molecule is NCC(O)CC[C@H](N)[C]=O. The molecule has 0 bridgehead atoms. The quantitative estimate of drug-likeness (QED) is 0.440. The normalized spacial score (nSPS) is 16.3. The molecule has 0 aromatic rings. The van der Waals surface area contributed by atoms with Gasteiger partial charge in [-0.3, -0.25) is 4.79 Å². The molecule has 5 N–H and O–H groups in total. The zero-order chi connectivity index (χ0) is 7.98. The molecular weight excluding hydrogens is 132 g/mol. The largest absolute Gasteiger partial charge is 0.392 e. The maximum atomic E-state index is 9.84. The Morgan fingerprint density at radius 2 is 2.10 bits per heavy atom. The summed E-state index contributed by atoms with van der Waals surface area (Å²) in [6, 6.07) is -0.582. The van der Waals surface area contributed by atoms with Gasteiger partial charge in [0.05, 0.1) is 12.1 Å². The molecule has 1 unspecified atom stereocenters. The number of hydrogen-bond donors (Lipinski definition) is 3. The van der Waals surface area contributed by atoms with Crippen molar-refractivity contribution in [2.45, 2.75) is 25.0 Å². The van der Waals surface area contributed by atoms with Gasteiger partial charge in [0, 0.05) is 6.54 Å². The fourth-order valence-electron chi connectivity index (χ4n) is 0.549. The van der Waals surface area contributed by atoms with E-state index in [2.05, 4.69) is 0 Å². The molecule has 59 valence electrons. The van der Waals surface area contributed by atoms with Crippen LogP contribution in [0, 0.1) is 0 Å². The maximum absolute atomic E-state index is 9.84. The van der Waals surface area contributed by atoms with Crippen molar-refractivity contribution in [1.82, 2.24) is 0 Å². The molecule has 0 aromatic heterocycles. The Bertz CT molecular complexity index is 97.7. The van der Waals surface area contributed by atoms with E-state index in [1.165, 1.54) is 0 Å². The molecule has 0 aromatic carbocycles. The summed E-state index contributed by atoms with van der Waals surface area (Å²) < 4.78 is 0. The van der Waals surface area contributed by atoms with E-state index in [4.69, 9.17) is 16.6 Å². The number of aliphatic hydroxyl groups is 1. The lowest BCUT2D eigenvalue weighted by atomic mass is 10.1. The Morgan fingerprint density at radius 3 is 2.50 bits per heavy atom. The fourth-order valence-corrected chi connectivity index (χ4v) is 0.549. The van der Waals surface area contributed by atoms with E-state index in [-0.39, 0.29) is 6.54 Å². The highest BCUT2D eigenvalue weighted by Gasteiger charge is 2.05. The molecule has 0 rings (SSSR count). The van der Waals surface area contributed by atoms with E-state index in [0.717, 1.165) is 0 Å². The van der Waals surface area contributed by atoms with Gasteiger partial charge in [0.1, 0.15) is 0 Å². The minimum absolute atomic E-state index is 0.214. The van der Waals surface area contributed by atoms with Crippen LogP contribution in [-0.2, 0) is 4.79 Å². The summed E-state index contributed by atoms with van der Waals surface area (Å²) in [5, 5.41) is 8.89. The van der Waals surface area contributed by atoms with Crippen LogP contribution in [0.15, 0.2) is 0 Å². The maximum Gasteiger partial charge on any atom is 0.216 e. The number of aliphatic hydroxyl groups excluding tert-OH is 1. The van der Waals surface area contributed by atoms with Gasteiger partial charge in [-0.1, -0.05) is 0 Å². The van der Waals surface area contributed by atoms with Crippen molar-refractivity contribution in [2.75, 3.05) is 6.54 Å². The third-order valence-corrected chi connectivity index (χ3v) is 1.23. The highest BCUT2D eigenvalue weighted by Crippen LogP contribution is 1.96. The lowest BCUT2D eigenvalue weighted by Crippen LogP contribution is -2.26. The van der Waals surface area contributed by atoms with Gasteiger partial charge in [-0.15, -0.1) is 0 Å². The molecule has 0 heterocycles. The molecule has 0 fully saturated rings. The van der Waals surface area contributed by atoms with E-state index in [1.807, 2.05) is 0 Å². The highest BCUT2D eigenvalue weighted by molar-refractivity contribution is 5.57. The van der Waals surface area contributed by atoms with E-state index in [9.17, 15) is 4.79 Å². The molecule has 4 heteroatoms. The number of hydrogen-bond acceptors (Lipinski definition) is 4. The summed E-state index contributed by atoms with van der Waals surface area (Å²) in [4.78, 5) is 9.84. The molecule has 0 saturated carbocycles. The van der Waals surface area contributed by atoms with Gasteiger partial charge >= 0.3 is 0 Å². The van der Waals surface area contributed by atoms with Crippen molar-refractivity contribution in [3.8, 4) is 0 Å². The van der Waals surface area contributed by atoms with E-state index < -0.39 is 12.1 Å².